The lowest BCUT2D eigenvalue weighted by molar-refractivity contribution is -0.159. The molecule has 3 aromatic rings. The molecular formula is C28H25N3O6. The van der Waals surface area contributed by atoms with E-state index >= 15 is 0 Å². The number of anilines is 1. The van der Waals surface area contributed by atoms with Crippen molar-refractivity contribution in [1.29, 1.82) is 0 Å². The molecule has 9 heteroatoms. The molecule has 37 heavy (non-hydrogen) atoms. The first-order valence-corrected chi connectivity index (χ1v) is 11.7. The van der Waals surface area contributed by atoms with Crippen LogP contribution in [0.25, 0.3) is 0 Å². The summed E-state index contributed by atoms with van der Waals surface area (Å²) < 4.78 is 22.3. The van der Waals surface area contributed by atoms with Gasteiger partial charge in [0.25, 0.3) is 11.8 Å². The molecule has 1 saturated heterocycles. The van der Waals surface area contributed by atoms with Crippen LogP contribution in [0.2, 0.25) is 0 Å². The highest BCUT2D eigenvalue weighted by atomic mass is 16.6. The molecule has 0 saturated carbocycles. The van der Waals surface area contributed by atoms with Crippen LogP contribution in [0.15, 0.2) is 66.9 Å². The van der Waals surface area contributed by atoms with E-state index in [1.54, 1.807) is 32.4 Å². The highest BCUT2D eigenvalue weighted by molar-refractivity contribution is 6.03. The zero-order valence-electron chi connectivity index (χ0n) is 20.4. The van der Waals surface area contributed by atoms with Gasteiger partial charge in [-0.3, -0.25) is 14.6 Å². The van der Waals surface area contributed by atoms with Crippen LogP contribution in [0, 0.1) is 11.8 Å². The van der Waals surface area contributed by atoms with Crippen LogP contribution in [-0.2, 0) is 14.3 Å². The van der Waals surface area contributed by atoms with E-state index in [4.69, 9.17) is 18.9 Å². The Balaban J connectivity index is 1.29. The second-order valence-corrected chi connectivity index (χ2v) is 8.65. The number of methoxy groups -OCH3 is 1. The highest BCUT2D eigenvalue weighted by Gasteiger charge is 2.37. The van der Waals surface area contributed by atoms with Crippen molar-refractivity contribution < 1.29 is 28.5 Å². The van der Waals surface area contributed by atoms with E-state index < -0.39 is 17.6 Å². The molecule has 3 heterocycles. The van der Waals surface area contributed by atoms with Gasteiger partial charge < -0.3 is 29.2 Å². The number of nitrogens with zero attached hydrogens (tertiary/aromatic N) is 2. The van der Waals surface area contributed by atoms with Gasteiger partial charge in [0.2, 0.25) is 0 Å². The smallest absolute Gasteiger partial charge is 0.270 e. The highest BCUT2D eigenvalue weighted by Crippen LogP contribution is 2.32. The predicted octanol–water partition coefficient (Wildman–Crippen LogP) is 2.79. The number of fused-ring (bicyclic) bond motifs is 1. The van der Waals surface area contributed by atoms with Crippen LogP contribution < -0.4 is 19.7 Å². The van der Waals surface area contributed by atoms with E-state index in [9.17, 15) is 9.59 Å². The number of hydrogen-bond donors (Lipinski definition) is 1. The van der Waals surface area contributed by atoms with Gasteiger partial charge in [-0.1, -0.05) is 30.0 Å². The maximum Gasteiger partial charge on any atom is 0.270 e. The lowest BCUT2D eigenvalue weighted by Crippen LogP contribution is -2.50. The second kappa shape index (κ2) is 10.3. The molecule has 2 aliphatic heterocycles. The van der Waals surface area contributed by atoms with Gasteiger partial charge in [-0.05, 0) is 36.4 Å². The Labute approximate surface area is 214 Å². The molecule has 5 rings (SSSR count). The number of para-hydroxylation sites is 1. The SMILES string of the molecule is COC1(C#Cc2ccc3c(c2)N(C)C(=O)[C@@H](NC(=O)c2cc(Oc4ccccc4)ccn2)CO3)COC1. The van der Waals surface area contributed by atoms with Crippen molar-refractivity contribution >= 4 is 17.5 Å². The van der Waals surface area contributed by atoms with Crippen molar-refractivity contribution in [2.24, 2.45) is 0 Å². The van der Waals surface area contributed by atoms with Gasteiger partial charge in [-0.25, -0.2) is 0 Å². The van der Waals surface area contributed by atoms with Gasteiger partial charge in [-0.15, -0.1) is 0 Å². The maximum atomic E-state index is 13.2. The number of pyridine rings is 1. The number of ether oxygens (including phenoxy) is 4. The van der Waals surface area contributed by atoms with E-state index in [0.717, 1.165) is 0 Å². The van der Waals surface area contributed by atoms with Gasteiger partial charge in [0.1, 0.15) is 35.6 Å². The average molecular weight is 500 g/mol. The Bertz CT molecular complexity index is 1370. The van der Waals surface area contributed by atoms with E-state index in [1.165, 1.54) is 17.2 Å². The van der Waals surface area contributed by atoms with E-state index in [-0.39, 0.29) is 18.2 Å². The van der Waals surface area contributed by atoms with Gasteiger partial charge in [0, 0.05) is 32.0 Å². The molecule has 0 bridgehead atoms. The lowest BCUT2D eigenvalue weighted by Gasteiger charge is -2.35. The summed E-state index contributed by atoms with van der Waals surface area (Å²) in [4.78, 5) is 31.8. The molecule has 0 aliphatic carbocycles. The molecule has 2 aliphatic rings. The molecule has 0 radical (unpaired) electrons. The van der Waals surface area contributed by atoms with Crippen molar-refractivity contribution in [1.82, 2.24) is 10.3 Å². The number of carbonyl (C=O) groups is 2. The Morgan fingerprint density at radius 3 is 2.68 bits per heavy atom. The number of benzene rings is 2. The third-order valence-electron chi connectivity index (χ3n) is 6.10. The van der Waals surface area contributed by atoms with Crippen molar-refractivity contribution in [2.45, 2.75) is 11.6 Å². The molecule has 9 nitrogen and oxygen atoms in total. The summed E-state index contributed by atoms with van der Waals surface area (Å²) >= 11 is 0. The topological polar surface area (TPSA) is 99.2 Å². The summed E-state index contributed by atoms with van der Waals surface area (Å²) in [6.45, 7) is 0.804. The van der Waals surface area contributed by atoms with Crippen LogP contribution in [0.4, 0.5) is 5.69 Å². The molecule has 2 amide bonds. The summed E-state index contributed by atoms with van der Waals surface area (Å²) in [5.74, 6) is 6.96. The Kier molecular flexibility index (Phi) is 6.77. The summed E-state index contributed by atoms with van der Waals surface area (Å²) in [5.41, 5.74) is 0.779. The molecule has 0 spiro atoms. The van der Waals surface area contributed by atoms with Crippen LogP contribution in [0.5, 0.6) is 17.2 Å². The number of nitrogens with one attached hydrogen (secondary N) is 1. The fraction of sp³-hybridized carbons (Fsp3) is 0.250. The minimum Gasteiger partial charge on any atom is -0.489 e. The molecule has 1 atom stereocenters. The number of amides is 2. The van der Waals surface area contributed by atoms with Crippen molar-refractivity contribution in [3.8, 4) is 29.1 Å². The first-order valence-electron chi connectivity index (χ1n) is 11.7. The summed E-state index contributed by atoms with van der Waals surface area (Å²) in [7, 11) is 3.24. The normalized spacial score (nSPS) is 17.7. The van der Waals surface area contributed by atoms with Gasteiger partial charge in [0.05, 0.1) is 18.9 Å². The van der Waals surface area contributed by atoms with Gasteiger partial charge >= 0.3 is 0 Å². The molecular weight excluding hydrogens is 474 g/mol. The van der Waals surface area contributed by atoms with Crippen molar-refractivity contribution in [3.63, 3.8) is 0 Å². The van der Waals surface area contributed by atoms with Crippen molar-refractivity contribution in [3.05, 3.63) is 78.1 Å². The Hall–Kier alpha value is -4.39. The summed E-state index contributed by atoms with van der Waals surface area (Å²) in [6, 6.07) is 16.8. The first-order chi connectivity index (χ1) is 18.0. The Morgan fingerprint density at radius 2 is 1.95 bits per heavy atom. The van der Waals surface area contributed by atoms with Crippen molar-refractivity contribution in [2.75, 3.05) is 38.9 Å². The second-order valence-electron chi connectivity index (χ2n) is 8.65. The number of likely N-dealkylation sites (N-methyl/N-ethyl adjacent to an activating group) is 1. The van der Waals surface area contributed by atoms with E-state index in [1.807, 2.05) is 36.4 Å². The third kappa shape index (κ3) is 5.26. The van der Waals surface area contributed by atoms with E-state index in [2.05, 4.69) is 22.1 Å². The van der Waals surface area contributed by atoms with E-state index in [0.29, 0.717) is 41.7 Å². The molecule has 0 unspecified atom stereocenters. The minimum absolute atomic E-state index is 0.0305. The number of carbonyl (C=O) groups excluding carboxylic acids is 2. The van der Waals surface area contributed by atoms with Crippen LogP contribution in [0.1, 0.15) is 16.1 Å². The largest absolute Gasteiger partial charge is 0.489 e. The minimum atomic E-state index is -0.913. The number of hydrogen-bond acceptors (Lipinski definition) is 7. The van der Waals surface area contributed by atoms with Crippen LogP contribution in [-0.4, -0.2) is 62.4 Å². The molecule has 1 aromatic heterocycles. The third-order valence-corrected chi connectivity index (χ3v) is 6.10. The predicted molar refractivity (Wildman–Crippen MR) is 135 cm³/mol. The maximum absolute atomic E-state index is 13.2. The number of rotatable bonds is 5. The molecule has 2 aromatic carbocycles. The average Bonchev–Trinajstić information content (AvgIpc) is 3.01. The quantitative estimate of drug-likeness (QED) is 0.539. The lowest BCUT2D eigenvalue weighted by atomic mass is 10.0. The zero-order chi connectivity index (χ0) is 25.8. The monoisotopic (exact) mass is 499 g/mol. The summed E-state index contributed by atoms with van der Waals surface area (Å²) in [5, 5.41) is 2.73. The first kappa shape index (κ1) is 24.3. The van der Waals surface area contributed by atoms with Crippen LogP contribution >= 0.6 is 0 Å². The Morgan fingerprint density at radius 1 is 1.14 bits per heavy atom. The zero-order valence-corrected chi connectivity index (χ0v) is 20.4. The summed E-state index contributed by atoms with van der Waals surface area (Å²) in [6.07, 6.45) is 1.48. The van der Waals surface area contributed by atoms with Crippen LogP contribution in [0.3, 0.4) is 0 Å². The molecule has 188 valence electrons. The van der Waals surface area contributed by atoms with Gasteiger partial charge in [0.15, 0.2) is 5.60 Å². The fourth-order valence-corrected chi connectivity index (χ4v) is 3.85. The molecule has 1 fully saturated rings. The number of aromatic nitrogens is 1. The van der Waals surface area contributed by atoms with Gasteiger partial charge in [-0.2, -0.15) is 0 Å². The fourth-order valence-electron chi connectivity index (χ4n) is 3.85. The standard InChI is InChI=1S/C28H25N3O6/c1-31-24-14-19(10-12-28(34-2)17-35-18-28)8-9-25(24)36-16-23(27(31)33)30-26(32)22-15-21(11-13-29-22)37-20-6-4-3-5-7-20/h3-9,11,13-15,23H,16-18H2,1-2H3,(H,30,32)/t23-/m0/s1. The molecule has 1 N–H and O–H groups in total.